The van der Waals surface area contributed by atoms with Crippen molar-refractivity contribution in [2.24, 2.45) is 0 Å². The second-order valence-electron chi connectivity index (χ2n) is 5.99. The van der Waals surface area contributed by atoms with Crippen LogP contribution in [0.3, 0.4) is 0 Å². The standard InChI is InChI=1S/C20H17N3O5/c24-16-9-7-15(8-10-16)21-19(26)17-2-1-11-23(20(17)27)12-13-3-5-14(6-4-13)18(25)22-28/h1-11,24,28H,12H2,(H,21,26)(H,22,25). The number of anilines is 1. The van der Waals surface area contributed by atoms with E-state index in [2.05, 4.69) is 5.32 Å². The van der Waals surface area contributed by atoms with Crippen LogP contribution in [0.25, 0.3) is 0 Å². The van der Waals surface area contributed by atoms with Crippen LogP contribution >= 0.6 is 0 Å². The SMILES string of the molecule is O=C(NO)c1ccc(Cn2cccc(C(=O)Nc3ccc(O)cc3)c2=O)cc1. The third-order valence-corrected chi connectivity index (χ3v) is 4.06. The third-order valence-electron chi connectivity index (χ3n) is 4.06. The molecule has 0 bridgehead atoms. The Bertz CT molecular complexity index is 1060. The largest absolute Gasteiger partial charge is 0.508 e. The Labute approximate surface area is 159 Å². The van der Waals surface area contributed by atoms with Crippen molar-refractivity contribution >= 4 is 17.5 Å². The smallest absolute Gasteiger partial charge is 0.274 e. The summed E-state index contributed by atoms with van der Waals surface area (Å²) < 4.78 is 1.38. The number of phenolic OH excluding ortho intramolecular Hbond substituents is 1. The van der Waals surface area contributed by atoms with Crippen LogP contribution in [-0.4, -0.2) is 26.7 Å². The Kier molecular flexibility index (Phi) is 5.52. The van der Waals surface area contributed by atoms with E-state index in [9.17, 15) is 19.5 Å². The summed E-state index contributed by atoms with van der Waals surface area (Å²) >= 11 is 0. The summed E-state index contributed by atoms with van der Waals surface area (Å²) in [6.45, 7) is 0.209. The molecule has 0 aliphatic carbocycles. The van der Waals surface area contributed by atoms with Crippen LogP contribution in [0.4, 0.5) is 5.69 Å². The van der Waals surface area contributed by atoms with Crippen LogP contribution in [-0.2, 0) is 6.54 Å². The molecule has 0 aliphatic rings. The Morgan fingerprint density at radius 1 is 0.929 bits per heavy atom. The lowest BCUT2D eigenvalue weighted by Crippen LogP contribution is -2.29. The molecule has 4 N–H and O–H groups in total. The highest BCUT2D eigenvalue weighted by Gasteiger charge is 2.13. The van der Waals surface area contributed by atoms with E-state index in [1.807, 2.05) is 0 Å². The van der Waals surface area contributed by atoms with Gasteiger partial charge in [-0.2, -0.15) is 0 Å². The summed E-state index contributed by atoms with van der Waals surface area (Å²) in [5.41, 5.74) is 2.54. The zero-order chi connectivity index (χ0) is 20.1. The van der Waals surface area contributed by atoms with Gasteiger partial charge in [-0.25, -0.2) is 5.48 Å². The van der Waals surface area contributed by atoms with Crippen LogP contribution in [0.2, 0.25) is 0 Å². The normalized spacial score (nSPS) is 10.3. The van der Waals surface area contributed by atoms with Gasteiger partial charge in [0.05, 0.1) is 6.54 Å². The molecule has 0 spiro atoms. The fourth-order valence-electron chi connectivity index (χ4n) is 2.60. The molecule has 0 fully saturated rings. The molecule has 3 aromatic rings. The summed E-state index contributed by atoms with van der Waals surface area (Å²) in [6, 6.07) is 15.3. The number of nitrogens with one attached hydrogen (secondary N) is 2. The lowest BCUT2D eigenvalue weighted by Gasteiger charge is -2.09. The number of hydroxylamine groups is 1. The number of aromatic hydroxyl groups is 1. The Hall–Kier alpha value is -3.91. The number of hydrogen-bond acceptors (Lipinski definition) is 5. The van der Waals surface area contributed by atoms with E-state index in [0.717, 1.165) is 5.56 Å². The van der Waals surface area contributed by atoms with Gasteiger partial charge in [-0.05, 0) is 54.1 Å². The molecule has 2 amide bonds. The summed E-state index contributed by atoms with van der Waals surface area (Å²) in [5, 5.41) is 20.5. The van der Waals surface area contributed by atoms with E-state index >= 15 is 0 Å². The highest BCUT2D eigenvalue weighted by molar-refractivity contribution is 6.04. The van der Waals surface area contributed by atoms with Crippen LogP contribution in [0.15, 0.2) is 71.7 Å². The lowest BCUT2D eigenvalue weighted by atomic mass is 10.1. The van der Waals surface area contributed by atoms with E-state index in [4.69, 9.17) is 5.21 Å². The number of nitrogens with zero attached hydrogens (tertiary/aromatic N) is 1. The highest BCUT2D eigenvalue weighted by atomic mass is 16.5. The van der Waals surface area contributed by atoms with E-state index in [1.165, 1.54) is 47.0 Å². The number of carbonyl (C=O) groups excluding carboxylic acids is 2. The van der Waals surface area contributed by atoms with Crippen molar-refractivity contribution in [1.29, 1.82) is 0 Å². The van der Waals surface area contributed by atoms with Crippen molar-refractivity contribution < 1.29 is 19.9 Å². The van der Waals surface area contributed by atoms with Gasteiger partial charge in [0.25, 0.3) is 17.4 Å². The van der Waals surface area contributed by atoms with Crippen LogP contribution < -0.4 is 16.4 Å². The molecule has 142 valence electrons. The van der Waals surface area contributed by atoms with Crippen molar-refractivity contribution in [2.45, 2.75) is 6.54 Å². The molecule has 8 heteroatoms. The number of benzene rings is 2. The maximum Gasteiger partial charge on any atom is 0.274 e. The zero-order valence-electron chi connectivity index (χ0n) is 14.6. The van der Waals surface area contributed by atoms with Gasteiger partial charge in [0.2, 0.25) is 0 Å². The van der Waals surface area contributed by atoms with Crippen molar-refractivity contribution in [1.82, 2.24) is 10.0 Å². The van der Waals surface area contributed by atoms with Crippen LogP contribution in [0.5, 0.6) is 5.75 Å². The molecule has 0 unspecified atom stereocenters. The van der Waals surface area contributed by atoms with Crippen molar-refractivity contribution in [3.63, 3.8) is 0 Å². The molecular formula is C20H17N3O5. The van der Waals surface area contributed by atoms with Gasteiger partial charge in [0, 0.05) is 17.4 Å². The van der Waals surface area contributed by atoms with Gasteiger partial charge in [-0.3, -0.25) is 19.6 Å². The van der Waals surface area contributed by atoms with Gasteiger partial charge in [-0.15, -0.1) is 0 Å². The molecule has 1 heterocycles. The van der Waals surface area contributed by atoms with Gasteiger partial charge in [-0.1, -0.05) is 12.1 Å². The predicted octanol–water partition coefficient (Wildman–Crippen LogP) is 1.97. The fraction of sp³-hybridized carbons (Fsp3) is 0.0500. The Morgan fingerprint density at radius 2 is 1.61 bits per heavy atom. The highest BCUT2D eigenvalue weighted by Crippen LogP contribution is 2.14. The second kappa shape index (κ2) is 8.19. The maximum atomic E-state index is 12.6. The molecular weight excluding hydrogens is 362 g/mol. The van der Waals surface area contributed by atoms with Gasteiger partial charge < -0.3 is 15.0 Å². The topological polar surface area (TPSA) is 121 Å². The molecule has 0 aliphatic heterocycles. The number of rotatable bonds is 5. The van der Waals surface area contributed by atoms with Gasteiger partial charge >= 0.3 is 0 Å². The molecule has 2 aromatic carbocycles. The Balaban J connectivity index is 1.79. The first-order chi connectivity index (χ1) is 13.5. The summed E-state index contributed by atoms with van der Waals surface area (Å²) in [7, 11) is 0. The third kappa shape index (κ3) is 4.25. The predicted molar refractivity (Wildman–Crippen MR) is 102 cm³/mol. The van der Waals surface area contributed by atoms with Crippen molar-refractivity contribution in [3.05, 3.63) is 93.9 Å². The maximum absolute atomic E-state index is 12.6. The number of pyridine rings is 1. The van der Waals surface area contributed by atoms with E-state index in [0.29, 0.717) is 5.69 Å². The first-order valence-electron chi connectivity index (χ1n) is 8.31. The number of aromatic nitrogens is 1. The zero-order valence-corrected chi connectivity index (χ0v) is 14.6. The first-order valence-corrected chi connectivity index (χ1v) is 8.31. The summed E-state index contributed by atoms with van der Waals surface area (Å²) in [6.07, 6.45) is 1.56. The molecule has 0 saturated heterocycles. The van der Waals surface area contributed by atoms with Crippen molar-refractivity contribution in [2.75, 3.05) is 5.32 Å². The molecule has 0 atom stereocenters. The summed E-state index contributed by atoms with van der Waals surface area (Å²) in [4.78, 5) is 36.4. The number of amides is 2. The Morgan fingerprint density at radius 3 is 2.25 bits per heavy atom. The van der Waals surface area contributed by atoms with Crippen LogP contribution in [0, 0.1) is 0 Å². The number of phenols is 1. The minimum absolute atomic E-state index is 0.0214. The minimum atomic E-state index is -0.628. The minimum Gasteiger partial charge on any atom is -0.508 e. The van der Waals surface area contributed by atoms with E-state index in [-0.39, 0.29) is 23.4 Å². The molecule has 1 aromatic heterocycles. The van der Waals surface area contributed by atoms with Gasteiger partial charge in [0.1, 0.15) is 11.3 Å². The van der Waals surface area contributed by atoms with Crippen LogP contribution in [0.1, 0.15) is 26.3 Å². The van der Waals surface area contributed by atoms with E-state index in [1.54, 1.807) is 29.9 Å². The lowest BCUT2D eigenvalue weighted by molar-refractivity contribution is 0.0706. The fourth-order valence-corrected chi connectivity index (χ4v) is 2.60. The van der Waals surface area contributed by atoms with Crippen molar-refractivity contribution in [3.8, 4) is 5.75 Å². The summed E-state index contributed by atoms with van der Waals surface area (Å²) in [5.74, 6) is -1.11. The second-order valence-corrected chi connectivity index (χ2v) is 5.99. The molecule has 3 rings (SSSR count). The quantitative estimate of drug-likeness (QED) is 0.307. The molecule has 28 heavy (non-hydrogen) atoms. The first kappa shape index (κ1) is 18.9. The molecule has 0 radical (unpaired) electrons. The van der Waals surface area contributed by atoms with Gasteiger partial charge in [0.15, 0.2) is 0 Å². The number of hydrogen-bond donors (Lipinski definition) is 4. The van der Waals surface area contributed by atoms with E-state index < -0.39 is 17.4 Å². The average molecular weight is 379 g/mol. The molecule has 0 saturated carbocycles. The average Bonchev–Trinajstić information content (AvgIpc) is 2.71. The number of carbonyl (C=O) groups is 2. The molecule has 8 nitrogen and oxygen atoms in total. The monoisotopic (exact) mass is 379 g/mol.